The van der Waals surface area contributed by atoms with Gasteiger partial charge in [-0.05, 0) is 19.1 Å². The Morgan fingerprint density at radius 3 is 2.85 bits per heavy atom. The predicted molar refractivity (Wildman–Crippen MR) is 78.8 cm³/mol. The van der Waals surface area contributed by atoms with Crippen LogP contribution in [0, 0.1) is 12.7 Å². The summed E-state index contributed by atoms with van der Waals surface area (Å²) >= 11 is 1.53. The molecule has 1 amide bonds. The van der Waals surface area contributed by atoms with Gasteiger partial charge in [-0.15, -0.1) is 11.3 Å². The summed E-state index contributed by atoms with van der Waals surface area (Å²) in [5.74, 6) is -0.481. The highest BCUT2D eigenvalue weighted by Gasteiger charge is 2.08. The average Bonchev–Trinajstić information content (AvgIpc) is 2.84. The lowest BCUT2D eigenvalue weighted by molar-refractivity contribution is -0.125. The lowest BCUT2D eigenvalue weighted by Crippen LogP contribution is -2.24. The van der Waals surface area contributed by atoms with E-state index in [1.807, 2.05) is 12.3 Å². The normalized spacial score (nSPS) is 10.9. The van der Waals surface area contributed by atoms with Crippen LogP contribution in [0.1, 0.15) is 16.3 Å². The number of carbonyl (C=O) groups is 1. The van der Waals surface area contributed by atoms with E-state index >= 15 is 0 Å². The van der Waals surface area contributed by atoms with Gasteiger partial charge in [-0.1, -0.05) is 18.2 Å². The number of rotatable bonds is 4. The monoisotopic (exact) mass is 290 g/mol. The maximum atomic E-state index is 13.5. The zero-order valence-corrected chi connectivity index (χ0v) is 12.2. The predicted octanol–water partition coefficient (Wildman–Crippen LogP) is 3.26. The minimum atomic E-state index is -0.300. The highest BCUT2D eigenvalue weighted by molar-refractivity contribution is 7.09. The number of hydrogen-bond donors (Lipinski definition) is 0. The van der Waals surface area contributed by atoms with E-state index in [1.54, 1.807) is 31.3 Å². The standard InChI is InChI=1S/C15H15FN2OS/c1-11-17-13(10-20-11)7-8-15(19)18(2)9-12-5-3-4-6-14(12)16/h3-8,10H,9H2,1-2H3/b8-7+. The van der Waals surface area contributed by atoms with Crippen molar-refractivity contribution in [3.63, 3.8) is 0 Å². The zero-order chi connectivity index (χ0) is 14.5. The van der Waals surface area contributed by atoms with E-state index in [9.17, 15) is 9.18 Å². The lowest BCUT2D eigenvalue weighted by atomic mass is 10.2. The molecule has 0 saturated heterocycles. The minimum absolute atomic E-state index is 0.182. The maximum Gasteiger partial charge on any atom is 0.246 e. The Morgan fingerprint density at radius 1 is 1.45 bits per heavy atom. The molecule has 2 aromatic rings. The number of hydrogen-bond acceptors (Lipinski definition) is 3. The zero-order valence-electron chi connectivity index (χ0n) is 11.3. The Hall–Kier alpha value is -2.01. The SMILES string of the molecule is Cc1nc(/C=C/C(=O)N(C)Cc2ccccc2F)cs1. The Balaban J connectivity index is 1.99. The first-order valence-corrected chi connectivity index (χ1v) is 7.03. The van der Waals surface area contributed by atoms with Crippen LogP contribution in [0.15, 0.2) is 35.7 Å². The van der Waals surface area contributed by atoms with Gasteiger partial charge >= 0.3 is 0 Å². The highest BCUT2D eigenvalue weighted by Crippen LogP contribution is 2.11. The largest absolute Gasteiger partial charge is 0.338 e. The van der Waals surface area contributed by atoms with E-state index in [0.29, 0.717) is 5.56 Å². The fourth-order valence-electron chi connectivity index (χ4n) is 1.70. The Bertz CT molecular complexity index is 636. The molecule has 0 aliphatic carbocycles. The van der Waals surface area contributed by atoms with Crippen molar-refractivity contribution in [2.24, 2.45) is 0 Å². The summed E-state index contributed by atoms with van der Waals surface area (Å²) in [7, 11) is 1.64. The summed E-state index contributed by atoms with van der Waals surface area (Å²) in [6.07, 6.45) is 3.12. The van der Waals surface area contributed by atoms with Gasteiger partial charge in [0.2, 0.25) is 5.91 Å². The van der Waals surface area contributed by atoms with Crippen molar-refractivity contribution >= 4 is 23.3 Å². The molecule has 1 aromatic heterocycles. The van der Waals surface area contributed by atoms with Crippen LogP contribution in [0.4, 0.5) is 4.39 Å². The number of halogens is 1. The Morgan fingerprint density at radius 2 is 2.20 bits per heavy atom. The number of benzene rings is 1. The lowest BCUT2D eigenvalue weighted by Gasteiger charge is -2.15. The number of likely N-dealkylation sites (N-methyl/N-ethyl adjacent to an activating group) is 1. The molecule has 5 heteroatoms. The highest BCUT2D eigenvalue weighted by atomic mass is 32.1. The molecule has 0 radical (unpaired) electrons. The summed E-state index contributed by atoms with van der Waals surface area (Å²) in [5, 5.41) is 2.84. The first kappa shape index (κ1) is 14.4. The van der Waals surface area contributed by atoms with E-state index in [-0.39, 0.29) is 18.3 Å². The van der Waals surface area contributed by atoms with Crippen LogP contribution in [0.5, 0.6) is 0 Å². The molecule has 0 atom stereocenters. The van der Waals surface area contributed by atoms with Gasteiger partial charge in [-0.3, -0.25) is 4.79 Å². The van der Waals surface area contributed by atoms with Crippen LogP contribution in [0.3, 0.4) is 0 Å². The molecule has 0 spiro atoms. The molecule has 0 N–H and O–H groups in total. The van der Waals surface area contributed by atoms with E-state index in [1.165, 1.54) is 28.4 Å². The maximum absolute atomic E-state index is 13.5. The molecule has 1 aromatic carbocycles. The second-order valence-corrected chi connectivity index (χ2v) is 5.47. The molecule has 20 heavy (non-hydrogen) atoms. The smallest absolute Gasteiger partial charge is 0.246 e. The van der Waals surface area contributed by atoms with Crippen LogP contribution in [-0.4, -0.2) is 22.8 Å². The minimum Gasteiger partial charge on any atom is -0.338 e. The fraction of sp³-hybridized carbons (Fsp3) is 0.200. The van der Waals surface area contributed by atoms with E-state index in [2.05, 4.69) is 4.98 Å². The van der Waals surface area contributed by atoms with Crippen molar-refractivity contribution in [2.45, 2.75) is 13.5 Å². The molecule has 0 aliphatic heterocycles. The van der Waals surface area contributed by atoms with Gasteiger partial charge in [0, 0.05) is 30.6 Å². The summed E-state index contributed by atoms with van der Waals surface area (Å²) in [6, 6.07) is 6.45. The average molecular weight is 290 g/mol. The Labute approximate surface area is 121 Å². The van der Waals surface area contributed by atoms with Gasteiger partial charge in [0.1, 0.15) is 5.82 Å². The van der Waals surface area contributed by atoms with E-state index in [4.69, 9.17) is 0 Å². The van der Waals surface area contributed by atoms with Crippen molar-refractivity contribution in [1.82, 2.24) is 9.88 Å². The van der Waals surface area contributed by atoms with Gasteiger partial charge < -0.3 is 4.90 Å². The number of nitrogens with zero attached hydrogens (tertiary/aromatic N) is 2. The third-order valence-electron chi connectivity index (χ3n) is 2.78. The molecule has 0 bridgehead atoms. The van der Waals surface area contributed by atoms with Crippen molar-refractivity contribution in [2.75, 3.05) is 7.05 Å². The molecule has 0 saturated carbocycles. The molecule has 1 heterocycles. The van der Waals surface area contributed by atoms with Crippen LogP contribution < -0.4 is 0 Å². The third kappa shape index (κ3) is 3.74. The summed E-state index contributed by atoms with van der Waals surface area (Å²) in [5.41, 5.74) is 1.27. The first-order chi connectivity index (χ1) is 9.56. The topological polar surface area (TPSA) is 33.2 Å². The number of thiazole rings is 1. The molecule has 2 rings (SSSR count). The van der Waals surface area contributed by atoms with Crippen molar-refractivity contribution in [3.05, 3.63) is 57.8 Å². The van der Waals surface area contributed by atoms with Gasteiger partial charge in [-0.25, -0.2) is 9.37 Å². The molecule has 0 unspecified atom stereocenters. The van der Waals surface area contributed by atoms with E-state index < -0.39 is 0 Å². The number of aromatic nitrogens is 1. The second-order valence-electron chi connectivity index (χ2n) is 4.41. The quantitative estimate of drug-likeness (QED) is 0.810. The second kappa shape index (κ2) is 6.43. The van der Waals surface area contributed by atoms with Crippen LogP contribution >= 0.6 is 11.3 Å². The number of amides is 1. The molecular formula is C15H15FN2OS. The molecular weight excluding hydrogens is 275 g/mol. The number of carbonyl (C=O) groups excluding carboxylic acids is 1. The Kier molecular flexibility index (Phi) is 4.63. The van der Waals surface area contributed by atoms with Gasteiger partial charge in [0.05, 0.1) is 10.7 Å². The fourth-order valence-corrected chi connectivity index (χ4v) is 2.28. The first-order valence-electron chi connectivity index (χ1n) is 6.15. The van der Waals surface area contributed by atoms with Crippen molar-refractivity contribution in [3.8, 4) is 0 Å². The summed E-state index contributed by atoms with van der Waals surface area (Å²) < 4.78 is 13.5. The van der Waals surface area contributed by atoms with Gasteiger partial charge in [0.25, 0.3) is 0 Å². The summed E-state index contributed by atoms with van der Waals surface area (Å²) in [6.45, 7) is 2.15. The third-order valence-corrected chi connectivity index (χ3v) is 3.57. The van der Waals surface area contributed by atoms with Gasteiger partial charge in [-0.2, -0.15) is 0 Å². The number of aryl methyl sites for hydroxylation is 1. The van der Waals surface area contributed by atoms with Crippen molar-refractivity contribution in [1.29, 1.82) is 0 Å². The molecule has 0 fully saturated rings. The van der Waals surface area contributed by atoms with Crippen LogP contribution in [-0.2, 0) is 11.3 Å². The summed E-state index contributed by atoms with van der Waals surface area (Å²) in [4.78, 5) is 17.6. The van der Waals surface area contributed by atoms with Crippen molar-refractivity contribution < 1.29 is 9.18 Å². The molecule has 3 nitrogen and oxygen atoms in total. The van der Waals surface area contributed by atoms with Gasteiger partial charge in [0.15, 0.2) is 0 Å². The molecule has 0 aliphatic rings. The van der Waals surface area contributed by atoms with E-state index in [0.717, 1.165) is 10.7 Å². The molecule has 104 valence electrons. The van der Waals surface area contributed by atoms with Crippen LogP contribution in [0.25, 0.3) is 6.08 Å². The van der Waals surface area contributed by atoms with Crippen LogP contribution in [0.2, 0.25) is 0 Å².